The van der Waals surface area contributed by atoms with Gasteiger partial charge in [0, 0.05) is 24.6 Å². The maximum atomic E-state index is 13.0. The molecule has 1 unspecified atom stereocenters. The van der Waals surface area contributed by atoms with Gasteiger partial charge in [0.2, 0.25) is 0 Å². The fourth-order valence-corrected chi connectivity index (χ4v) is 3.72. The van der Waals surface area contributed by atoms with Gasteiger partial charge in [0.25, 0.3) is 5.91 Å². The molecule has 6 heteroatoms. The van der Waals surface area contributed by atoms with Crippen molar-refractivity contribution in [3.63, 3.8) is 0 Å². The highest BCUT2D eigenvalue weighted by Gasteiger charge is 2.27. The van der Waals surface area contributed by atoms with E-state index in [2.05, 4.69) is 10.2 Å². The number of hydrogen-bond donors (Lipinski definition) is 2. The Balaban J connectivity index is 1.50. The summed E-state index contributed by atoms with van der Waals surface area (Å²) in [5.41, 5.74) is 3.42. The van der Waals surface area contributed by atoms with Crippen molar-refractivity contribution < 1.29 is 14.7 Å². The monoisotopic (exact) mass is 375 g/mol. The Morgan fingerprint density at radius 2 is 1.89 bits per heavy atom. The zero-order valence-corrected chi connectivity index (χ0v) is 15.3. The van der Waals surface area contributed by atoms with Crippen molar-refractivity contribution in [2.45, 2.75) is 18.8 Å². The second-order valence-electron chi connectivity index (χ2n) is 7.05. The lowest BCUT2D eigenvalue weighted by Gasteiger charge is -2.32. The van der Waals surface area contributed by atoms with Gasteiger partial charge in [-0.3, -0.25) is 9.89 Å². The zero-order chi connectivity index (χ0) is 19.5. The molecule has 0 radical (unpaired) electrons. The first-order valence-electron chi connectivity index (χ1n) is 9.35. The van der Waals surface area contributed by atoms with Crippen LogP contribution in [0, 0.1) is 0 Å². The molecule has 1 aromatic heterocycles. The number of carbonyl (C=O) groups excluding carboxylic acids is 1. The number of H-pyrrole nitrogens is 1. The van der Waals surface area contributed by atoms with Crippen LogP contribution >= 0.6 is 0 Å². The molecular formula is C22H21N3O3. The largest absolute Gasteiger partial charge is 0.478 e. The predicted molar refractivity (Wildman–Crippen MR) is 105 cm³/mol. The first-order chi connectivity index (χ1) is 13.6. The van der Waals surface area contributed by atoms with Gasteiger partial charge in [-0.25, -0.2) is 4.79 Å². The average Bonchev–Trinajstić information content (AvgIpc) is 3.24. The fourth-order valence-electron chi connectivity index (χ4n) is 3.72. The van der Waals surface area contributed by atoms with Crippen molar-refractivity contribution in [3.05, 3.63) is 77.5 Å². The lowest BCUT2D eigenvalue weighted by molar-refractivity contribution is 0.0685. The second kappa shape index (κ2) is 7.68. The third-order valence-electron chi connectivity index (χ3n) is 5.19. The molecule has 1 aliphatic rings. The molecule has 28 heavy (non-hydrogen) atoms. The molecular weight excluding hydrogens is 354 g/mol. The minimum atomic E-state index is -0.934. The molecule has 1 amide bonds. The maximum Gasteiger partial charge on any atom is 0.335 e. The van der Waals surface area contributed by atoms with Crippen molar-refractivity contribution in [3.8, 4) is 11.3 Å². The Bertz CT molecular complexity index is 997. The van der Waals surface area contributed by atoms with E-state index in [-0.39, 0.29) is 17.4 Å². The lowest BCUT2D eigenvalue weighted by atomic mass is 9.89. The van der Waals surface area contributed by atoms with E-state index in [9.17, 15) is 14.7 Å². The van der Waals surface area contributed by atoms with Gasteiger partial charge in [-0.1, -0.05) is 42.5 Å². The molecule has 1 atom stereocenters. The van der Waals surface area contributed by atoms with Crippen LogP contribution in [0.3, 0.4) is 0 Å². The molecule has 6 nitrogen and oxygen atoms in total. The summed E-state index contributed by atoms with van der Waals surface area (Å²) in [7, 11) is 0. The Kier molecular flexibility index (Phi) is 4.93. The number of carbonyl (C=O) groups is 2. The van der Waals surface area contributed by atoms with E-state index in [1.165, 1.54) is 0 Å². The molecule has 2 aromatic carbocycles. The summed E-state index contributed by atoms with van der Waals surface area (Å²) in [5.74, 6) is -0.876. The maximum absolute atomic E-state index is 13.0. The van der Waals surface area contributed by atoms with Crippen molar-refractivity contribution in [1.29, 1.82) is 0 Å². The van der Waals surface area contributed by atoms with Gasteiger partial charge in [0.1, 0.15) is 5.69 Å². The first-order valence-corrected chi connectivity index (χ1v) is 9.35. The Hall–Kier alpha value is -3.41. The molecule has 2 N–H and O–H groups in total. The molecule has 2 heterocycles. The molecule has 0 bridgehead atoms. The predicted octanol–water partition coefficient (Wildman–Crippen LogP) is 3.79. The summed E-state index contributed by atoms with van der Waals surface area (Å²) in [4.78, 5) is 26.0. The standard InChI is InChI=1S/C22H21N3O3/c26-21(20-13-19(23-24-20)15-6-2-1-3-7-15)25-11-5-10-18(14-25)16-8-4-9-17(12-16)22(27)28/h1-4,6-9,12-13,18H,5,10-11,14H2,(H,23,24)(H,27,28). The number of amides is 1. The number of aromatic amines is 1. The molecule has 0 aliphatic carbocycles. The molecule has 4 rings (SSSR count). The molecule has 0 spiro atoms. The Morgan fingerprint density at radius 3 is 2.68 bits per heavy atom. The molecule has 1 saturated heterocycles. The van der Waals surface area contributed by atoms with Crippen LogP contribution in [0.5, 0.6) is 0 Å². The second-order valence-corrected chi connectivity index (χ2v) is 7.05. The van der Waals surface area contributed by atoms with E-state index >= 15 is 0 Å². The summed E-state index contributed by atoms with van der Waals surface area (Å²) in [5, 5.41) is 16.4. The SMILES string of the molecule is O=C(O)c1cccc(C2CCCN(C(=O)c3cc(-c4ccccc4)n[nH]3)C2)c1. The molecule has 1 fully saturated rings. The van der Waals surface area contributed by atoms with E-state index in [4.69, 9.17) is 0 Å². The van der Waals surface area contributed by atoms with Crippen molar-refractivity contribution in [1.82, 2.24) is 15.1 Å². The number of nitrogens with zero attached hydrogens (tertiary/aromatic N) is 2. The molecule has 0 saturated carbocycles. The van der Waals surface area contributed by atoms with E-state index in [0.29, 0.717) is 18.8 Å². The summed E-state index contributed by atoms with van der Waals surface area (Å²) in [6.45, 7) is 1.26. The van der Waals surface area contributed by atoms with Crippen LogP contribution in [0.2, 0.25) is 0 Å². The highest BCUT2D eigenvalue weighted by molar-refractivity contribution is 5.93. The van der Waals surface area contributed by atoms with Crippen molar-refractivity contribution in [2.75, 3.05) is 13.1 Å². The number of carboxylic acids is 1. The Labute approximate surface area is 162 Å². The number of hydrogen-bond acceptors (Lipinski definition) is 3. The number of piperidine rings is 1. The van der Waals surface area contributed by atoms with Crippen LogP contribution in [0.1, 0.15) is 45.2 Å². The number of benzene rings is 2. The van der Waals surface area contributed by atoms with Crippen LogP contribution in [0.25, 0.3) is 11.3 Å². The molecule has 142 valence electrons. The average molecular weight is 375 g/mol. The summed E-state index contributed by atoms with van der Waals surface area (Å²) in [6, 6.07) is 18.5. The third-order valence-corrected chi connectivity index (χ3v) is 5.19. The fraction of sp³-hybridized carbons (Fsp3) is 0.227. The van der Waals surface area contributed by atoms with E-state index in [0.717, 1.165) is 29.7 Å². The van der Waals surface area contributed by atoms with Crippen LogP contribution in [-0.2, 0) is 0 Å². The van der Waals surface area contributed by atoms with Crippen LogP contribution < -0.4 is 0 Å². The quantitative estimate of drug-likeness (QED) is 0.726. The summed E-state index contributed by atoms with van der Waals surface area (Å²) in [6.07, 6.45) is 1.82. The Morgan fingerprint density at radius 1 is 1.07 bits per heavy atom. The van der Waals surface area contributed by atoms with Gasteiger partial charge < -0.3 is 10.0 Å². The van der Waals surface area contributed by atoms with Gasteiger partial charge in [-0.15, -0.1) is 0 Å². The highest BCUT2D eigenvalue weighted by atomic mass is 16.4. The number of rotatable bonds is 4. The number of likely N-dealkylation sites (tertiary alicyclic amines) is 1. The normalized spacial score (nSPS) is 16.7. The van der Waals surface area contributed by atoms with Crippen molar-refractivity contribution >= 4 is 11.9 Å². The summed E-state index contributed by atoms with van der Waals surface area (Å²) < 4.78 is 0. The van der Waals surface area contributed by atoms with Gasteiger partial charge >= 0.3 is 5.97 Å². The van der Waals surface area contributed by atoms with Gasteiger partial charge in [0.15, 0.2) is 0 Å². The summed E-state index contributed by atoms with van der Waals surface area (Å²) >= 11 is 0. The first kappa shape index (κ1) is 18.0. The third kappa shape index (κ3) is 3.67. The van der Waals surface area contributed by atoms with Crippen molar-refractivity contribution in [2.24, 2.45) is 0 Å². The number of carboxylic acid groups (broad SMARTS) is 1. The smallest absolute Gasteiger partial charge is 0.335 e. The minimum Gasteiger partial charge on any atom is -0.478 e. The van der Waals surface area contributed by atoms with E-state index < -0.39 is 5.97 Å². The zero-order valence-electron chi connectivity index (χ0n) is 15.3. The van der Waals surface area contributed by atoms with Crippen LogP contribution in [-0.4, -0.2) is 45.2 Å². The minimum absolute atomic E-state index is 0.0752. The van der Waals surface area contributed by atoms with Crippen LogP contribution in [0.4, 0.5) is 0 Å². The topological polar surface area (TPSA) is 86.3 Å². The number of nitrogens with one attached hydrogen (secondary N) is 1. The highest BCUT2D eigenvalue weighted by Crippen LogP contribution is 2.28. The molecule has 1 aliphatic heterocycles. The number of aromatic carboxylic acids is 1. The molecule has 3 aromatic rings. The van der Waals surface area contributed by atoms with Crippen LogP contribution in [0.15, 0.2) is 60.7 Å². The van der Waals surface area contributed by atoms with Gasteiger partial charge in [-0.2, -0.15) is 5.10 Å². The lowest BCUT2D eigenvalue weighted by Crippen LogP contribution is -2.39. The van der Waals surface area contributed by atoms with E-state index in [1.807, 2.05) is 41.3 Å². The van der Waals surface area contributed by atoms with Gasteiger partial charge in [-0.05, 0) is 36.6 Å². The van der Waals surface area contributed by atoms with E-state index in [1.54, 1.807) is 24.3 Å². The van der Waals surface area contributed by atoms with Gasteiger partial charge in [0.05, 0.1) is 11.3 Å². The number of aromatic nitrogens is 2.